The summed E-state index contributed by atoms with van der Waals surface area (Å²) in [5.74, 6) is 1.25. The van der Waals surface area contributed by atoms with Crippen molar-refractivity contribution in [1.82, 2.24) is 9.80 Å². The Labute approximate surface area is 120 Å². The van der Waals surface area contributed by atoms with Gasteiger partial charge in [0.1, 0.15) is 11.5 Å². The van der Waals surface area contributed by atoms with Gasteiger partial charge in [-0.15, -0.1) is 0 Å². The van der Waals surface area contributed by atoms with Gasteiger partial charge in [-0.05, 0) is 26.8 Å². The Kier molecular flexibility index (Phi) is 4.83. The second-order valence-corrected chi connectivity index (χ2v) is 5.57. The van der Waals surface area contributed by atoms with Gasteiger partial charge in [0.15, 0.2) is 0 Å². The van der Waals surface area contributed by atoms with Crippen LogP contribution < -0.4 is 0 Å². The third-order valence-electron chi connectivity index (χ3n) is 4.13. The molecule has 0 aromatic carbocycles. The molecule has 0 radical (unpaired) electrons. The number of rotatable bonds is 5. The lowest BCUT2D eigenvalue weighted by Gasteiger charge is -2.37. The number of carboxylic acids is 1. The number of aryl methyl sites for hydroxylation is 2. The number of hydrogen-bond donors (Lipinski definition) is 1. The molecule has 1 aromatic rings. The van der Waals surface area contributed by atoms with Gasteiger partial charge in [0, 0.05) is 44.3 Å². The maximum atomic E-state index is 10.6. The molecule has 5 heteroatoms. The van der Waals surface area contributed by atoms with Crippen molar-refractivity contribution in [3.63, 3.8) is 0 Å². The molecule has 1 atom stereocenters. The molecule has 2 heterocycles. The number of carboxylic acid groups (broad SMARTS) is 1. The van der Waals surface area contributed by atoms with Crippen molar-refractivity contribution in [1.29, 1.82) is 0 Å². The first-order valence-electron chi connectivity index (χ1n) is 7.22. The highest BCUT2D eigenvalue weighted by Gasteiger charge is 2.24. The van der Waals surface area contributed by atoms with Crippen LogP contribution in [0.3, 0.4) is 0 Å². The Hall–Kier alpha value is -1.33. The minimum Gasteiger partial charge on any atom is -0.481 e. The highest BCUT2D eigenvalue weighted by molar-refractivity contribution is 5.66. The van der Waals surface area contributed by atoms with Crippen molar-refractivity contribution in [2.75, 3.05) is 32.7 Å². The molecule has 1 aliphatic heterocycles. The van der Waals surface area contributed by atoms with Crippen LogP contribution in [0.25, 0.3) is 0 Å². The Morgan fingerprint density at radius 2 is 2.00 bits per heavy atom. The molecular formula is C15H24N2O3. The number of furan rings is 1. The summed E-state index contributed by atoms with van der Waals surface area (Å²) in [6.07, 6.45) is 0.232. The fraction of sp³-hybridized carbons (Fsp3) is 0.667. The summed E-state index contributed by atoms with van der Waals surface area (Å²) in [7, 11) is 0. The van der Waals surface area contributed by atoms with Crippen LogP contribution in [0.5, 0.6) is 0 Å². The van der Waals surface area contributed by atoms with Crippen LogP contribution in [0.1, 0.15) is 36.5 Å². The lowest BCUT2D eigenvalue weighted by Crippen LogP contribution is -2.47. The molecule has 1 N–H and O–H groups in total. The maximum Gasteiger partial charge on any atom is 0.304 e. The smallest absolute Gasteiger partial charge is 0.304 e. The topological polar surface area (TPSA) is 56.9 Å². The quantitative estimate of drug-likeness (QED) is 0.894. The Balaban J connectivity index is 1.87. The number of carbonyl (C=O) groups is 1. The Morgan fingerprint density at radius 3 is 2.50 bits per heavy atom. The Bertz CT molecular complexity index is 462. The van der Waals surface area contributed by atoms with E-state index in [1.165, 1.54) is 5.56 Å². The van der Waals surface area contributed by atoms with Gasteiger partial charge in [-0.25, -0.2) is 0 Å². The first kappa shape index (κ1) is 15.1. The molecule has 0 saturated carbocycles. The van der Waals surface area contributed by atoms with Crippen molar-refractivity contribution in [2.45, 2.75) is 33.2 Å². The van der Waals surface area contributed by atoms with E-state index in [1.54, 1.807) is 0 Å². The molecule has 20 heavy (non-hydrogen) atoms. The third kappa shape index (κ3) is 3.61. The number of nitrogens with zero attached hydrogens (tertiary/aromatic N) is 2. The van der Waals surface area contributed by atoms with Crippen LogP contribution in [-0.4, -0.2) is 53.6 Å². The van der Waals surface area contributed by atoms with Gasteiger partial charge in [0.2, 0.25) is 0 Å². The summed E-state index contributed by atoms with van der Waals surface area (Å²) < 4.78 is 5.61. The summed E-state index contributed by atoms with van der Waals surface area (Å²) in [5.41, 5.74) is 1.27. The van der Waals surface area contributed by atoms with Crippen LogP contribution >= 0.6 is 0 Å². The minimum atomic E-state index is -0.717. The second kappa shape index (κ2) is 6.41. The van der Waals surface area contributed by atoms with E-state index in [-0.39, 0.29) is 6.42 Å². The van der Waals surface area contributed by atoms with Gasteiger partial charge in [-0.2, -0.15) is 0 Å². The van der Waals surface area contributed by atoms with Crippen LogP contribution in [-0.2, 0) is 4.79 Å². The lowest BCUT2D eigenvalue weighted by atomic mass is 10.1. The first-order valence-corrected chi connectivity index (χ1v) is 7.22. The maximum absolute atomic E-state index is 10.6. The predicted molar refractivity (Wildman–Crippen MR) is 76.9 cm³/mol. The van der Waals surface area contributed by atoms with E-state index >= 15 is 0 Å². The van der Waals surface area contributed by atoms with E-state index in [0.717, 1.165) is 37.7 Å². The van der Waals surface area contributed by atoms with Gasteiger partial charge in [-0.3, -0.25) is 9.69 Å². The predicted octanol–water partition coefficient (Wildman–Crippen LogP) is 2.05. The minimum absolute atomic E-state index is 0.232. The highest BCUT2D eigenvalue weighted by atomic mass is 16.4. The fourth-order valence-electron chi connectivity index (χ4n) is 2.89. The molecule has 5 nitrogen and oxygen atoms in total. The zero-order valence-corrected chi connectivity index (χ0v) is 12.6. The highest BCUT2D eigenvalue weighted by Crippen LogP contribution is 2.27. The normalized spacial score (nSPS) is 19.1. The molecule has 1 aromatic heterocycles. The number of hydrogen-bond acceptors (Lipinski definition) is 4. The zero-order valence-electron chi connectivity index (χ0n) is 12.6. The lowest BCUT2D eigenvalue weighted by molar-refractivity contribution is -0.137. The third-order valence-corrected chi connectivity index (χ3v) is 4.13. The molecule has 1 fully saturated rings. The molecule has 1 unspecified atom stereocenters. The van der Waals surface area contributed by atoms with Crippen molar-refractivity contribution in [3.8, 4) is 0 Å². The van der Waals surface area contributed by atoms with Crippen LogP contribution in [0, 0.1) is 13.8 Å². The first-order chi connectivity index (χ1) is 9.47. The van der Waals surface area contributed by atoms with E-state index in [2.05, 4.69) is 22.8 Å². The molecule has 1 saturated heterocycles. The van der Waals surface area contributed by atoms with Crippen molar-refractivity contribution >= 4 is 5.97 Å². The van der Waals surface area contributed by atoms with E-state index < -0.39 is 5.97 Å². The average Bonchev–Trinajstić information content (AvgIpc) is 2.75. The SMILES string of the molecule is Cc1cc(C(C)N2CCN(CCC(=O)O)CC2)c(C)o1. The zero-order chi connectivity index (χ0) is 14.7. The van der Waals surface area contributed by atoms with Gasteiger partial charge < -0.3 is 14.4 Å². The fourth-order valence-corrected chi connectivity index (χ4v) is 2.89. The van der Waals surface area contributed by atoms with E-state index in [1.807, 2.05) is 13.8 Å². The summed E-state index contributed by atoms with van der Waals surface area (Å²) in [4.78, 5) is 15.3. The summed E-state index contributed by atoms with van der Waals surface area (Å²) in [5, 5.41) is 8.72. The monoisotopic (exact) mass is 280 g/mol. The van der Waals surface area contributed by atoms with Gasteiger partial charge in [0.05, 0.1) is 6.42 Å². The summed E-state index contributed by atoms with van der Waals surface area (Å²) in [6.45, 7) is 10.7. The summed E-state index contributed by atoms with van der Waals surface area (Å²) in [6, 6.07) is 2.48. The summed E-state index contributed by atoms with van der Waals surface area (Å²) >= 11 is 0. The van der Waals surface area contributed by atoms with Gasteiger partial charge >= 0.3 is 5.97 Å². The Morgan fingerprint density at radius 1 is 1.35 bits per heavy atom. The van der Waals surface area contributed by atoms with Crippen molar-refractivity contribution < 1.29 is 14.3 Å². The average molecular weight is 280 g/mol. The largest absolute Gasteiger partial charge is 0.481 e. The van der Waals surface area contributed by atoms with Gasteiger partial charge in [0.25, 0.3) is 0 Å². The number of aliphatic carboxylic acids is 1. The molecule has 0 bridgehead atoms. The second-order valence-electron chi connectivity index (χ2n) is 5.57. The molecule has 0 spiro atoms. The van der Waals surface area contributed by atoms with E-state index in [0.29, 0.717) is 12.6 Å². The molecular weight excluding hydrogens is 256 g/mol. The van der Waals surface area contributed by atoms with Gasteiger partial charge in [-0.1, -0.05) is 0 Å². The molecule has 112 valence electrons. The van der Waals surface area contributed by atoms with Crippen molar-refractivity contribution in [2.24, 2.45) is 0 Å². The molecule has 0 amide bonds. The molecule has 1 aliphatic rings. The van der Waals surface area contributed by atoms with E-state index in [4.69, 9.17) is 9.52 Å². The number of piperazine rings is 1. The molecule has 0 aliphatic carbocycles. The van der Waals surface area contributed by atoms with Crippen LogP contribution in [0.15, 0.2) is 10.5 Å². The molecule has 2 rings (SSSR count). The standard InChI is InChI=1S/C15H24N2O3/c1-11-10-14(13(3)20-11)12(2)17-8-6-16(7-9-17)5-4-15(18)19/h10,12H,4-9H2,1-3H3,(H,18,19). The van der Waals surface area contributed by atoms with Crippen LogP contribution in [0.2, 0.25) is 0 Å². The van der Waals surface area contributed by atoms with Crippen LogP contribution in [0.4, 0.5) is 0 Å². The van der Waals surface area contributed by atoms with E-state index in [9.17, 15) is 4.79 Å². The van der Waals surface area contributed by atoms with Crippen molar-refractivity contribution in [3.05, 3.63) is 23.2 Å².